The highest BCUT2D eigenvalue weighted by molar-refractivity contribution is 5.92. The number of nitrogens with zero attached hydrogens (tertiary/aromatic N) is 3. The minimum Gasteiger partial charge on any atom is -0.491 e. The fraction of sp³-hybridized carbons (Fsp3) is 0.304. The van der Waals surface area contributed by atoms with E-state index < -0.39 is 0 Å². The van der Waals surface area contributed by atoms with Crippen molar-refractivity contribution in [2.24, 2.45) is 10.7 Å². The summed E-state index contributed by atoms with van der Waals surface area (Å²) >= 11 is 0. The molecule has 0 unspecified atom stereocenters. The van der Waals surface area contributed by atoms with E-state index in [1.54, 1.807) is 0 Å². The van der Waals surface area contributed by atoms with Crippen LogP contribution in [-0.2, 0) is 6.42 Å². The van der Waals surface area contributed by atoms with E-state index in [0.29, 0.717) is 12.5 Å². The summed E-state index contributed by atoms with van der Waals surface area (Å²) in [6.45, 7) is 6.71. The Morgan fingerprint density at radius 1 is 1.14 bits per heavy atom. The van der Waals surface area contributed by atoms with Gasteiger partial charge in [0.05, 0.1) is 17.5 Å². The third kappa shape index (κ3) is 6.10. The molecule has 1 aromatic heterocycles. The number of benzene rings is 2. The lowest BCUT2D eigenvalue weighted by atomic mass is 10.1. The number of anilines is 1. The maximum Gasteiger partial charge on any atom is 0.193 e. The zero-order chi connectivity index (χ0) is 20.6. The molecule has 0 saturated heterocycles. The van der Waals surface area contributed by atoms with Gasteiger partial charge in [-0.1, -0.05) is 18.2 Å². The van der Waals surface area contributed by atoms with Crippen LogP contribution in [-0.4, -0.2) is 28.4 Å². The van der Waals surface area contributed by atoms with Crippen molar-refractivity contribution >= 4 is 11.6 Å². The number of aliphatic imine (C=N–C) groups is 1. The first-order valence-electron chi connectivity index (χ1n) is 9.95. The summed E-state index contributed by atoms with van der Waals surface area (Å²) in [7, 11) is 0. The Hall–Kier alpha value is -3.28. The highest BCUT2D eigenvalue weighted by Crippen LogP contribution is 2.17. The SMILES string of the molecule is Cc1nn(-c2ccccc2)cc1CCCN=C(N)Nc1ccc(OC(C)C)cc1. The van der Waals surface area contributed by atoms with Crippen molar-refractivity contribution in [1.82, 2.24) is 9.78 Å². The highest BCUT2D eigenvalue weighted by Gasteiger charge is 2.06. The van der Waals surface area contributed by atoms with Gasteiger partial charge in [-0.25, -0.2) is 4.68 Å². The van der Waals surface area contributed by atoms with Gasteiger partial charge in [0.25, 0.3) is 0 Å². The predicted molar refractivity (Wildman–Crippen MR) is 119 cm³/mol. The first kappa shape index (κ1) is 20.5. The zero-order valence-electron chi connectivity index (χ0n) is 17.3. The van der Waals surface area contributed by atoms with E-state index in [-0.39, 0.29) is 6.10 Å². The highest BCUT2D eigenvalue weighted by atomic mass is 16.5. The van der Waals surface area contributed by atoms with E-state index >= 15 is 0 Å². The summed E-state index contributed by atoms with van der Waals surface area (Å²) in [4.78, 5) is 4.42. The largest absolute Gasteiger partial charge is 0.491 e. The van der Waals surface area contributed by atoms with Crippen molar-refractivity contribution in [3.05, 3.63) is 72.1 Å². The van der Waals surface area contributed by atoms with Crippen LogP contribution < -0.4 is 15.8 Å². The Balaban J connectivity index is 1.48. The number of hydrogen-bond donors (Lipinski definition) is 2. The molecular formula is C23H29N5O. The lowest BCUT2D eigenvalue weighted by molar-refractivity contribution is 0.242. The van der Waals surface area contributed by atoms with Gasteiger partial charge >= 0.3 is 0 Å². The summed E-state index contributed by atoms with van der Waals surface area (Å²) < 4.78 is 7.57. The Morgan fingerprint density at radius 2 is 1.86 bits per heavy atom. The summed E-state index contributed by atoms with van der Waals surface area (Å²) in [6.07, 6.45) is 4.07. The second-order valence-electron chi connectivity index (χ2n) is 7.21. The molecule has 0 fully saturated rings. The minimum absolute atomic E-state index is 0.156. The number of nitrogens with two attached hydrogens (primary N) is 1. The summed E-state index contributed by atoms with van der Waals surface area (Å²) in [5, 5.41) is 7.72. The van der Waals surface area contributed by atoms with Crippen LogP contribution in [0.1, 0.15) is 31.5 Å². The van der Waals surface area contributed by atoms with E-state index in [9.17, 15) is 0 Å². The van der Waals surface area contributed by atoms with Crippen LogP contribution in [0.3, 0.4) is 0 Å². The van der Waals surface area contributed by atoms with E-state index in [0.717, 1.165) is 35.7 Å². The van der Waals surface area contributed by atoms with Gasteiger partial charge in [-0.15, -0.1) is 0 Å². The van der Waals surface area contributed by atoms with Crippen molar-refractivity contribution in [2.75, 3.05) is 11.9 Å². The summed E-state index contributed by atoms with van der Waals surface area (Å²) in [5.74, 6) is 1.26. The average molecular weight is 392 g/mol. The van der Waals surface area contributed by atoms with Crippen LogP contribution in [0.2, 0.25) is 0 Å². The van der Waals surface area contributed by atoms with Crippen molar-refractivity contribution in [3.63, 3.8) is 0 Å². The lowest BCUT2D eigenvalue weighted by Gasteiger charge is -2.10. The Labute approximate surface area is 172 Å². The molecule has 6 nitrogen and oxygen atoms in total. The fourth-order valence-electron chi connectivity index (χ4n) is 3.00. The van der Waals surface area contributed by atoms with E-state index in [2.05, 4.69) is 21.6 Å². The van der Waals surface area contributed by atoms with Crippen molar-refractivity contribution in [3.8, 4) is 11.4 Å². The Morgan fingerprint density at radius 3 is 2.55 bits per heavy atom. The molecule has 0 aliphatic carbocycles. The molecule has 1 heterocycles. The molecule has 2 aromatic carbocycles. The van der Waals surface area contributed by atoms with Crippen molar-refractivity contribution in [2.45, 2.75) is 39.7 Å². The minimum atomic E-state index is 0.156. The molecule has 0 atom stereocenters. The van der Waals surface area contributed by atoms with Crippen molar-refractivity contribution in [1.29, 1.82) is 0 Å². The van der Waals surface area contributed by atoms with Gasteiger partial charge in [-0.05, 0) is 75.6 Å². The first-order chi connectivity index (χ1) is 14.0. The molecule has 3 N–H and O–H groups in total. The van der Waals surface area contributed by atoms with Crippen LogP contribution in [0.25, 0.3) is 5.69 Å². The van der Waals surface area contributed by atoms with Crippen LogP contribution in [0.5, 0.6) is 5.75 Å². The van der Waals surface area contributed by atoms with Crippen molar-refractivity contribution < 1.29 is 4.74 Å². The molecule has 152 valence electrons. The zero-order valence-corrected chi connectivity index (χ0v) is 17.3. The number of rotatable bonds is 8. The smallest absolute Gasteiger partial charge is 0.193 e. The molecule has 3 aromatic rings. The van der Waals surface area contributed by atoms with Crippen LogP contribution >= 0.6 is 0 Å². The predicted octanol–water partition coefficient (Wildman–Crippen LogP) is 4.33. The first-order valence-corrected chi connectivity index (χ1v) is 9.95. The molecule has 0 amide bonds. The Kier molecular flexibility index (Phi) is 6.89. The topological polar surface area (TPSA) is 77.5 Å². The normalized spacial score (nSPS) is 11.7. The molecule has 29 heavy (non-hydrogen) atoms. The molecule has 0 aliphatic heterocycles. The maximum atomic E-state index is 6.01. The maximum absolute atomic E-state index is 6.01. The second kappa shape index (κ2) is 9.78. The Bertz CT molecular complexity index is 930. The molecular weight excluding hydrogens is 362 g/mol. The number of hydrogen-bond acceptors (Lipinski definition) is 3. The number of aromatic nitrogens is 2. The van der Waals surface area contributed by atoms with Gasteiger partial charge in [0.15, 0.2) is 5.96 Å². The molecule has 0 spiro atoms. The molecule has 0 aliphatic rings. The van der Waals surface area contributed by atoms with E-state index in [1.807, 2.05) is 80.1 Å². The molecule has 0 saturated carbocycles. The van der Waals surface area contributed by atoms with Gasteiger partial charge < -0.3 is 15.8 Å². The van der Waals surface area contributed by atoms with Crippen LogP contribution in [0.4, 0.5) is 5.69 Å². The standard InChI is InChI=1S/C23H29N5O/c1-17(2)29-22-13-11-20(12-14-22)26-23(24)25-15-7-8-19-16-28(27-18(19)3)21-9-5-4-6-10-21/h4-6,9-14,16-17H,7-8,15H2,1-3H3,(H3,24,25,26). The fourth-order valence-corrected chi connectivity index (χ4v) is 3.00. The number of ether oxygens (including phenoxy) is 1. The summed E-state index contributed by atoms with van der Waals surface area (Å²) in [6, 6.07) is 17.8. The third-order valence-electron chi connectivity index (χ3n) is 4.41. The van der Waals surface area contributed by atoms with Crippen LogP contribution in [0, 0.1) is 6.92 Å². The average Bonchev–Trinajstić information content (AvgIpc) is 3.08. The van der Waals surface area contributed by atoms with E-state index in [1.165, 1.54) is 5.56 Å². The van der Waals surface area contributed by atoms with E-state index in [4.69, 9.17) is 10.5 Å². The van der Waals surface area contributed by atoms with Gasteiger partial charge in [-0.2, -0.15) is 5.10 Å². The van der Waals surface area contributed by atoms with Gasteiger partial charge in [-0.3, -0.25) is 4.99 Å². The summed E-state index contributed by atoms with van der Waals surface area (Å²) in [5.41, 5.74) is 10.2. The third-order valence-corrected chi connectivity index (χ3v) is 4.41. The number of guanidine groups is 1. The van der Waals surface area contributed by atoms with Gasteiger partial charge in [0.2, 0.25) is 0 Å². The van der Waals surface area contributed by atoms with Gasteiger partial charge in [0.1, 0.15) is 5.75 Å². The number of nitrogens with one attached hydrogen (secondary N) is 1. The molecule has 6 heteroatoms. The lowest BCUT2D eigenvalue weighted by Crippen LogP contribution is -2.22. The molecule has 3 rings (SSSR count). The molecule has 0 radical (unpaired) electrons. The van der Waals surface area contributed by atoms with Crippen LogP contribution in [0.15, 0.2) is 65.8 Å². The molecule has 0 bridgehead atoms. The number of para-hydroxylation sites is 1. The quantitative estimate of drug-likeness (QED) is 0.340. The van der Waals surface area contributed by atoms with Gasteiger partial charge in [0, 0.05) is 18.4 Å². The second-order valence-corrected chi connectivity index (χ2v) is 7.21. The monoisotopic (exact) mass is 391 g/mol. The number of aryl methyl sites for hydroxylation is 2.